The highest BCUT2D eigenvalue weighted by molar-refractivity contribution is 6.08. The first kappa shape index (κ1) is 17.2. The highest BCUT2D eigenvalue weighted by Crippen LogP contribution is 2.26. The summed E-state index contributed by atoms with van der Waals surface area (Å²) in [5.41, 5.74) is 2.57. The molecular formula is C21H24N2O2. The molecule has 0 saturated carbocycles. The van der Waals surface area contributed by atoms with Crippen LogP contribution in [0, 0.1) is 5.41 Å². The fraction of sp³-hybridized carbons (Fsp3) is 0.333. The van der Waals surface area contributed by atoms with Gasteiger partial charge in [0.1, 0.15) is 5.75 Å². The van der Waals surface area contributed by atoms with E-state index in [0.717, 1.165) is 29.7 Å². The Morgan fingerprint density at radius 2 is 1.84 bits per heavy atom. The van der Waals surface area contributed by atoms with Crippen LogP contribution in [0.5, 0.6) is 5.75 Å². The number of aryl methyl sites for hydroxylation is 1. The second-order valence-electron chi connectivity index (χ2n) is 7.45. The number of methoxy groups -OCH3 is 1. The van der Waals surface area contributed by atoms with Gasteiger partial charge in [0.25, 0.3) is 0 Å². The van der Waals surface area contributed by atoms with Crippen molar-refractivity contribution in [2.75, 3.05) is 7.11 Å². The molecule has 0 aliphatic rings. The van der Waals surface area contributed by atoms with Crippen LogP contribution < -0.4 is 4.74 Å². The van der Waals surface area contributed by atoms with Gasteiger partial charge >= 0.3 is 0 Å². The molecule has 0 amide bonds. The lowest BCUT2D eigenvalue weighted by atomic mass is 9.92. The van der Waals surface area contributed by atoms with Crippen LogP contribution in [-0.4, -0.2) is 22.4 Å². The number of rotatable bonds is 5. The van der Waals surface area contributed by atoms with Gasteiger partial charge in [-0.05, 0) is 24.0 Å². The van der Waals surface area contributed by atoms with E-state index in [1.54, 1.807) is 7.11 Å². The molecular weight excluding hydrogens is 312 g/mol. The third-order valence-corrected chi connectivity index (χ3v) is 4.28. The molecule has 1 aromatic heterocycles. The Labute approximate surface area is 148 Å². The number of fused-ring (bicyclic) bond motifs is 1. The van der Waals surface area contributed by atoms with E-state index in [1.807, 2.05) is 53.1 Å². The van der Waals surface area contributed by atoms with Gasteiger partial charge < -0.3 is 9.30 Å². The predicted molar refractivity (Wildman–Crippen MR) is 100 cm³/mol. The number of ether oxygens (including phenoxy) is 1. The van der Waals surface area contributed by atoms with Crippen molar-refractivity contribution in [1.29, 1.82) is 0 Å². The van der Waals surface area contributed by atoms with Crippen LogP contribution in [0.25, 0.3) is 11.0 Å². The highest BCUT2D eigenvalue weighted by Gasteiger charge is 2.21. The van der Waals surface area contributed by atoms with E-state index in [9.17, 15) is 4.79 Å². The Balaban J connectivity index is 2.11. The van der Waals surface area contributed by atoms with E-state index in [0.29, 0.717) is 11.4 Å². The van der Waals surface area contributed by atoms with E-state index >= 15 is 0 Å². The standard InChI is InChI=1S/C21H24N2O2/c1-21(2,3)12-13-23-18-14-16(25-4)10-11-17(18)22-20(23)19(24)15-8-6-5-7-9-15/h5-11,14H,12-13H2,1-4H3. The Morgan fingerprint density at radius 1 is 1.12 bits per heavy atom. The molecule has 0 radical (unpaired) electrons. The van der Waals surface area contributed by atoms with Crippen LogP contribution in [0.1, 0.15) is 43.4 Å². The number of carbonyl (C=O) groups is 1. The second kappa shape index (κ2) is 6.71. The number of carbonyl (C=O) groups excluding carboxylic acids is 1. The molecule has 4 heteroatoms. The van der Waals surface area contributed by atoms with E-state index in [2.05, 4.69) is 25.8 Å². The van der Waals surface area contributed by atoms with Crippen LogP contribution in [0.4, 0.5) is 0 Å². The Hall–Kier alpha value is -2.62. The van der Waals surface area contributed by atoms with Gasteiger partial charge in [-0.25, -0.2) is 4.98 Å². The number of hydrogen-bond donors (Lipinski definition) is 0. The second-order valence-corrected chi connectivity index (χ2v) is 7.45. The lowest BCUT2D eigenvalue weighted by Gasteiger charge is -2.19. The van der Waals surface area contributed by atoms with Crippen molar-refractivity contribution in [3.8, 4) is 5.75 Å². The van der Waals surface area contributed by atoms with E-state index < -0.39 is 0 Å². The van der Waals surface area contributed by atoms with Crippen molar-refractivity contribution >= 4 is 16.8 Å². The molecule has 0 aliphatic carbocycles. The summed E-state index contributed by atoms with van der Waals surface area (Å²) in [6.45, 7) is 7.34. The van der Waals surface area contributed by atoms with Crippen LogP contribution in [-0.2, 0) is 6.54 Å². The number of imidazole rings is 1. The molecule has 0 atom stereocenters. The van der Waals surface area contributed by atoms with Crippen molar-refractivity contribution in [2.24, 2.45) is 5.41 Å². The van der Waals surface area contributed by atoms with E-state index in [4.69, 9.17) is 4.74 Å². The summed E-state index contributed by atoms with van der Waals surface area (Å²) in [6.07, 6.45) is 0.949. The number of nitrogens with zero attached hydrogens (tertiary/aromatic N) is 2. The Kier molecular flexibility index (Phi) is 4.62. The topological polar surface area (TPSA) is 44.1 Å². The van der Waals surface area contributed by atoms with Gasteiger partial charge in [0, 0.05) is 18.2 Å². The quantitative estimate of drug-likeness (QED) is 0.634. The van der Waals surface area contributed by atoms with Gasteiger partial charge in [0.05, 0.1) is 18.1 Å². The zero-order valence-electron chi connectivity index (χ0n) is 15.2. The fourth-order valence-corrected chi connectivity index (χ4v) is 2.80. The van der Waals surface area contributed by atoms with Crippen LogP contribution >= 0.6 is 0 Å². The molecule has 25 heavy (non-hydrogen) atoms. The first-order valence-corrected chi connectivity index (χ1v) is 8.53. The number of hydrogen-bond acceptors (Lipinski definition) is 3. The predicted octanol–water partition coefficient (Wildman–Crippen LogP) is 4.71. The van der Waals surface area contributed by atoms with Gasteiger partial charge in [-0.2, -0.15) is 0 Å². The molecule has 0 spiro atoms. The summed E-state index contributed by atoms with van der Waals surface area (Å²) >= 11 is 0. The number of benzene rings is 2. The summed E-state index contributed by atoms with van der Waals surface area (Å²) in [5, 5.41) is 0. The summed E-state index contributed by atoms with van der Waals surface area (Å²) in [5.74, 6) is 1.20. The van der Waals surface area contributed by atoms with Crippen molar-refractivity contribution in [2.45, 2.75) is 33.7 Å². The Morgan fingerprint density at radius 3 is 2.48 bits per heavy atom. The molecule has 1 heterocycles. The van der Waals surface area contributed by atoms with Gasteiger partial charge in [-0.1, -0.05) is 51.1 Å². The number of ketones is 1. The van der Waals surface area contributed by atoms with Crippen molar-refractivity contribution in [1.82, 2.24) is 9.55 Å². The third kappa shape index (κ3) is 3.73. The van der Waals surface area contributed by atoms with E-state index in [-0.39, 0.29) is 11.2 Å². The largest absolute Gasteiger partial charge is 0.497 e. The monoisotopic (exact) mass is 336 g/mol. The lowest BCUT2D eigenvalue weighted by Crippen LogP contribution is -2.16. The molecule has 3 rings (SSSR count). The first-order chi connectivity index (χ1) is 11.9. The lowest BCUT2D eigenvalue weighted by molar-refractivity contribution is 0.102. The fourth-order valence-electron chi connectivity index (χ4n) is 2.80. The molecule has 3 aromatic rings. The Bertz CT molecular complexity index is 889. The molecule has 0 aliphatic heterocycles. The third-order valence-electron chi connectivity index (χ3n) is 4.28. The van der Waals surface area contributed by atoms with Crippen LogP contribution in [0.3, 0.4) is 0 Å². The van der Waals surface area contributed by atoms with Crippen LogP contribution in [0.15, 0.2) is 48.5 Å². The summed E-state index contributed by atoms with van der Waals surface area (Å²) in [4.78, 5) is 17.6. The first-order valence-electron chi connectivity index (χ1n) is 8.53. The molecule has 0 unspecified atom stereocenters. The van der Waals surface area contributed by atoms with Crippen molar-refractivity contribution < 1.29 is 9.53 Å². The van der Waals surface area contributed by atoms with E-state index in [1.165, 1.54) is 0 Å². The normalized spacial score (nSPS) is 11.7. The maximum Gasteiger partial charge on any atom is 0.228 e. The summed E-state index contributed by atoms with van der Waals surface area (Å²) in [7, 11) is 1.65. The zero-order chi connectivity index (χ0) is 18.0. The molecule has 130 valence electrons. The maximum atomic E-state index is 13.0. The number of aromatic nitrogens is 2. The van der Waals surface area contributed by atoms with Crippen molar-refractivity contribution in [3.05, 3.63) is 59.9 Å². The molecule has 0 fully saturated rings. The summed E-state index contributed by atoms with van der Waals surface area (Å²) < 4.78 is 7.38. The zero-order valence-corrected chi connectivity index (χ0v) is 15.2. The molecule has 0 N–H and O–H groups in total. The average Bonchev–Trinajstić information content (AvgIpc) is 2.97. The van der Waals surface area contributed by atoms with Gasteiger partial charge in [0.15, 0.2) is 5.82 Å². The van der Waals surface area contributed by atoms with Crippen molar-refractivity contribution in [3.63, 3.8) is 0 Å². The molecule has 0 saturated heterocycles. The average molecular weight is 336 g/mol. The smallest absolute Gasteiger partial charge is 0.228 e. The minimum atomic E-state index is -0.0512. The molecule has 4 nitrogen and oxygen atoms in total. The minimum absolute atomic E-state index is 0.0512. The molecule has 0 bridgehead atoms. The maximum absolute atomic E-state index is 13.0. The van der Waals surface area contributed by atoms with Gasteiger partial charge in [0.2, 0.25) is 5.78 Å². The van der Waals surface area contributed by atoms with Gasteiger partial charge in [-0.15, -0.1) is 0 Å². The summed E-state index contributed by atoms with van der Waals surface area (Å²) in [6, 6.07) is 15.0. The van der Waals surface area contributed by atoms with Crippen LogP contribution in [0.2, 0.25) is 0 Å². The molecule has 2 aromatic carbocycles. The highest BCUT2D eigenvalue weighted by atomic mass is 16.5. The van der Waals surface area contributed by atoms with Gasteiger partial charge in [-0.3, -0.25) is 4.79 Å². The minimum Gasteiger partial charge on any atom is -0.497 e. The SMILES string of the molecule is COc1ccc2nc(C(=O)c3ccccc3)n(CCC(C)(C)C)c2c1.